The molecule has 1 saturated carbocycles. The van der Waals surface area contributed by atoms with E-state index in [0.29, 0.717) is 0 Å². The number of unbranched alkanes of at least 4 members (excludes halogenated alkanes) is 5. The molecule has 1 N–H and O–H groups in total. The van der Waals surface area contributed by atoms with Crippen molar-refractivity contribution in [2.45, 2.75) is 84.1 Å². The summed E-state index contributed by atoms with van der Waals surface area (Å²) in [6.07, 6.45) is 14.3. The van der Waals surface area contributed by atoms with Crippen LogP contribution < -0.4 is 5.32 Å². The average Bonchev–Trinajstić information content (AvgIpc) is 2.81. The van der Waals surface area contributed by atoms with Gasteiger partial charge in [0.05, 0.1) is 0 Å². The van der Waals surface area contributed by atoms with Gasteiger partial charge >= 0.3 is 0 Å². The first-order valence-electron chi connectivity index (χ1n) is 7.58. The predicted octanol–water partition coefficient (Wildman–Crippen LogP) is 4.52. The van der Waals surface area contributed by atoms with Gasteiger partial charge in [-0.15, -0.1) is 0 Å². The molecule has 1 fully saturated rings. The van der Waals surface area contributed by atoms with Crippen LogP contribution in [0.2, 0.25) is 0 Å². The summed E-state index contributed by atoms with van der Waals surface area (Å²) in [4.78, 5) is 0. The van der Waals surface area contributed by atoms with Crippen LogP contribution in [0.3, 0.4) is 0 Å². The minimum Gasteiger partial charge on any atom is -0.314 e. The van der Waals surface area contributed by atoms with E-state index in [4.69, 9.17) is 0 Å². The van der Waals surface area contributed by atoms with Gasteiger partial charge in [-0.2, -0.15) is 0 Å². The van der Waals surface area contributed by atoms with Gasteiger partial charge in [0.15, 0.2) is 0 Å². The third-order valence-corrected chi connectivity index (χ3v) is 4.10. The van der Waals surface area contributed by atoms with Crippen LogP contribution in [0, 0.1) is 5.92 Å². The molecule has 0 amide bonds. The lowest BCUT2D eigenvalue weighted by molar-refractivity contribution is 0.377. The summed E-state index contributed by atoms with van der Waals surface area (Å²) in [6, 6.07) is 0.762. The first-order chi connectivity index (χ1) is 7.84. The summed E-state index contributed by atoms with van der Waals surface area (Å²) in [5.41, 5.74) is 0. The lowest BCUT2D eigenvalue weighted by atomic mass is 10.00. The Morgan fingerprint density at radius 2 is 1.62 bits per heavy atom. The van der Waals surface area contributed by atoms with Crippen molar-refractivity contribution in [1.82, 2.24) is 5.32 Å². The van der Waals surface area contributed by atoms with Crippen molar-refractivity contribution >= 4 is 0 Å². The molecule has 0 aromatic heterocycles. The van der Waals surface area contributed by atoms with E-state index in [0.717, 1.165) is 12.0 Å². The second-order valence-corrected chi connectivity index (χ2v) is 5.56. The molecule has 1 aliphatic rings. The molecule has 0 aromatic rings. The zero-order valence-electron chi connectivity index (χ0n) is 11.4. The maximum atomic E-state index is 3.72. The highest BCUT2D eigenvalue weighted by Gasteiger charge is 2.20. The van der Waals surface area contributed by atoms with Crippen molar-refractivity contribution in [3.05, 3.63) is 0 Å². The third kappa shape index (κ3) is 5.89. The quantitative estimate of drug-likeness (QED) is 0.569. The number of nitrogens with one attached hydrogen (secondary N) is 1. The van der Waals surface area contributed by atoms with E-state index in [-0.39, 0.29) is 0 Å². The van der Waals surface area contributed by atoms with Crippen LogP contribution in [0.4, 0.5) is 0 Å². The summed E-state index contributed by atoms with van der Waals surface area (Å²) in [6.45, 7) is 5.90. The summed E-state index contributed by atoms with van der Waals surface area (Å²) in [5, 5.41) is 3.72. The Morgan fingerprint density at radius 3 is 2.31 bits per heavy atom. The molecule has 1 atom stereocenters. The Labute approximate surface area is 102 Å². The zero-order chi connectivity index (χ0) is 11.6. The molecule has 0 spiro atoms. The smallest absolute Gasteiger partial charge is 0.00669 e. The fourth-order valence-electron chi connectivity index (χ4n) is 2.86. The van der Waals surface area contributed by atoms with Crippen molar-refractivity contribution in [3.8, 4) is 0 Å². The maximum Gasteiger partial charge on any atom is 0.00669 e. The van der Waals surface area contributed by atoms with Gasteiger partial charge in [0, 0.05) is 6.04 Å². The fourth-order valence-corrected chi connectivity index (χ4v) is 2.86. The second-order valence-electron chi connectivity index (χ2n) is 5.56. The Bertz CT molecular complexity index is 150. The molecular formula is C15H31N. The lowest BCUT2D eigenvalue weighted by Gasteiger charge is -2.20. The maximum absolute atomic E-state index is 3.72. The van der Waals surface area contributed by atoms with E-state index in [2.05, 4.69) is 19.2 Å². The van der Waals surface area contributed by atoms with E-state index >= 15 is 0 Å². The highest BCUT2D eigenvalue weighted by atomic mass is 14.9. The van der Waals surface area contributed by atoms with E-state index in [1.807, 2.05) is 0 Å². The van der Waals surface area contributed by atoms with Crippen LogP contribution >= 0.6 is 0 Å². The topological polar surface area (TPSA) is 12.0 Å². The second kappa shape index (κ2) is 9.04. The lowest BCUT2D eigenvalue weighted by Crippen LogP contribution is -2.32. The molecule has 0 aliphatic heterocycles. The Kier molecular flexibility index (Phi) is 7.92. The van der Waals surface area contributed by atoms with Crippen molar-refractivity contribution < 1.29 is 0 Å². The van der Waals surface area contributed by atoms with Gasteiger partial charge in [-0.1, -0.05) is 51.9 Å². The van der Waals surface area contributed by atoms with Crippen LogP contribution in [0.25, 0.3) is 0 Å². The first-order valence-corrected chi connectivity index (χ1v) is 7.58. The molecule has 0 saturated heterocycles. The third-order valence-electron chi connectivity index (χ3n) is 4.10. The number of rotatable bonds is 9. The first kappa shape index (κ1) is 14.0. The van der Waals surface area contributed by atoms with Crippen molar-refractivity contribution in [3.63, 3.8) is 0 Å². The SMILES string of the molecule is CCCCCCCCN[C@@H](C)C1CCCC1. The van der Waals surface area contributed by atoms with Gasteiger partial charge < -0.3 is 5.32 Å². The summed E-state index contributed by atoms with van der Waals surface area (Å²) < 4.78 is 0. The molecule has 1 rings (SSSR count). The molecular weight excluding hydrogens is 194 g/mol. The monoisotopic (exact) mass is 225 g/mol. The molecule has 0 unspecified atom stereocenters. The van der Waals surface area contributed by atoms with E-state index < -0.39 is 0 Å². The minimum atomic E-state index is 0.762. The van der Waals surface area contributed by atoms with Gasteiger partial charge in [-0.25, -0.2) is 0 Å². The summed E-state index contributed by atoms with van der Waals surface area (Å²) >= 11 is 0. The molecule has 1 heteroatoms. The average molecular weight is 225 g/mol. The fraction of sp³-hybridized carbons (Fsp3) is 1.00. The van der Waals surface area contributed by atoms with Crippen LogP contribution in [0.5, 0.6) is 0 Å². The van der Waals surface area contributed by atoms with E-state index in [1.54, 1.807) is 0 Å². The molecule has 96 valence electrons. The molecule has 0 heterocycles. The molecule has 16 heavy (non-hydrogen) atoms. The van der Waals surface area contributed by atoms with E-state index in [9.17, 15) is 0 Å². The summed E-state index contributed by atoms with van der Waals surface area (Å²) in [5.74, 6) is 0.972. The van der Waals surface area contributed by atoms with Crippen LogP contribution in [-0.4, -0.2) is 12.6 Å². The normalized spacial score (nSPS) is 19.1. The molecule has 0 bridgehead atoms. The highest BCUT2D eigenvalue weighted by Crippen LogP contribution is 2.27. The highest BCUT2D eigenvalue weighted by molar-refractivity contribution is 4.76. The van der Waals surface area contributed by atoms with Crippen molar-refractivity contribution in [1.29, 1.82) is 0 Å². The Hall–Kier alpha value is -0.0400. The van der Waals surface area contributed by atoms with Gasteiger partial charge in [0.2, 0.25) is 0 Å². The zero-order valence-corrected chi connectivity index (χ0v) is 11.4. The van der Waals surface area contributed by atoms with E-state index in [1.165, 1.54) is 70.8 Å². The minimum absolute atomic E-state index is 0.762. The molecule has 1 aliphatic carbocycles. The predicted molar refractivity (Wildman–Crippen MR) is 72.8 cm³/mol. The molecule has 1 nitrogen and oxygen atoms in total. The largest absolute Gasteiger partial charge is 0.314 e. The Morgan fingerprint density at radius 1 is 1.00 bits per heavy atom. The van der Waals surface area contributed by atoms with Gasteiger partial charge in [-0.05, 0) is 38.6 Å². The Balaban J connectivity index is 1.86. The van der Waals surface area contributed by atoms with Gasteiger partial charge in [0.25, 0.3) is 0 Å². The van der Waals surface area contributed by atoms with Crippen LogP contribution in [-0.2, 0) is 0 Å². The van der Waals surface area contributed by atoms with Gasteiger partial charge in [-0.3, -0.25) is 0 Å². The van der Waals surface area contributed by atoms with Crippen molar-refractivity contribution in [2.24, 2.45) is 5.92 Å². The summed E-state index contributed by atoms with van der Waals surface area (Å²) in [7, 11) is 0. The van der Waals surface area contributed by atoms with Crippen LogP contribution in [0.1, 0.15) is 78.1 Å². The standard InChI is InChI=1S/C15H31N/c1-3-4-5-6-7-10-13-16-14(2)15-11-8-9-12-15/h14-16H,3-13H2,1-2H3/t14-/m0/s1. The van der Waals surface area contributed by atoms with Crippen LogP contribution in [0.15, 0.2) is 0 Å². The van der Waals surface area contributed by atoms with Gasteiger partial charge in [0.1, 0.15) is 0 Å². The number of hydrogen-bond donors (Lipinski definition) is 1. The number of hydrogen-bond acceptors (Lipinski definition) is 1. The van der Waals surface area contributed by atoms with Crippen molar-refractivity contribution in [2.75, 3.05) is 6.54 Å². The molecule has 0 radical (unpaired) electrons. The molecule has 0 aromatic carbocycles.